The van der Waals surface area contributed by atoms with Gasteiger partial charge in [0.15, 0.2) is 0 Å². The summed E-state index contributed by atoms with van der Waals surface area (Å²) in [5.74, 6) is -1.13. The average molecular weight is 232 g/mol. The van der Waals surface area contributed by atoms with Crippen molar-refractivity contribution in [3.63, 3.8) is 0 Å². The molecular formula is C9H10F2N2O3. The van der Waals surface area contributed by atoms with E-state index in [4.69, 9.17) is 5.73 Å². The summed E-state index contributed by atoms with van der Waals surface area (Å²) >= 11 is 0. The predicted molar refractivity (Wildman–Crippen MR) is 51.5 cm³/mol. The van der Waals surface area contributed by atoms with Crippen molar-refractivity contribution in [3.8, 4) is 5.88 Å². The maximum atomic E-state index is 12.7. The Morgan fingerprint density at radius 3 is 2.56 bits per heavy atom. The zero-order valence-corrected chi connectivity index (χ0v) is 8.66. The molecule has 0 saturated heterocycles. The van der Waals surface area contributed by atoms with Gasteiger partial charge in [0, 0.05) is 6.20 Å². The van der Waals surface area contributed by atoms with E-state index in [1.165, 1.54) is 7.11 Å². The highest BCUT2D eigenvalue weighted by molar-refractivity contribution is 5.95. The van der Waals surface area contributed by atoms with E-state index in [2.05, 4.69) is 14.5 Å². The summed E-state index contributed by atoms with van der Waals surface area (Å²) in [6, 6.07) is 0. The van der Waals surface area contributed by atoms with Crippen molar-refractivity contribution in [2.75, 3.05) is 20.0 Å². The summed E-state index contributed by atoms with van der Waals surface area (Å²) in [7, 11) is 2.31. The van der Waals surface area contributed by atoms with Crippen LogP contribution in [0.3, 0.4) is 0 Å². The van der Waals surface area contributed by atoms with Crippen LogP contribution in [-0.4, -0.2) is 25.2 Å². The van der Waals surface area contributed by atoms with Gasteiger partial charge in [-0.25, -0.2) is 18.6 Å². The number of halogens is 2. The molecule has 0 unspecified atom stereocenters. The van der Waals surface area contributed by atoms with Gasteiger partial charge in [0.1, 0.15) is 11.1 Å². The lowest BCUT2D eigenvalue weighted by Crippen LogP contribution is -2.10. The molecule has 0 amide bonds. The number of rotatable bonds is 3. The molecule has 0 spiro atoms. The molecule has 0 bridgehead atoms. The number of nitrogens with zero attached hydrogens (tertiary/aromatic N) is 1. The summed E-state index contributed by atoms with van der Waals surface area (Å²) in [6.45, 7) is 0. The van der Waals surface area contributed by atoms with Gasteiger partial charge >= 0.3 is 5.97 Å². The number of nitrogen functional groups attached to an aromatic ring is 1. The van der Waals surface area contributed by atoms with Gasteiger partial charge < -0.3 is 15.2 Å². The van der Waals surface area contributed by atoms with Crippen molar-refractivity contribution in [2.24, 2.45) is 0 Å². The molecule has 0 fully saturated rings. The fourth-order valence-corrected chi connectivity index (χ4v) is 1.17. The molecule has 2 N–H and O–H groups in total. The van der Waals surface area contributed by atoms with Crippen LogP contribution in [0.5, 0.6) is 5.88 Å². The lowest BCUT2D eigenvalue weighted by Gasteiger charge is -2.11. The Morgan fingerprint density at radius 2 is 2.12 bits per heavy atom. The molecule has 0 radical (unpaired) electrons. The molecular weight excluding hydrogens is 222 g/mol. The number of nitrogens with two attached hydrogens (primary N) is 1. The highest BCUT2D eigenvalue weighted by Gasteiger charge is 2.24. The number of carbonyl (C=O) groups is 1. The fraction of sp³-hybridized carbons (Fsp3) is 0.333. The number of hydrogen-bond donors (Lipinski definition) is 1. The first-order chi connectivity index (χ1) is 7.52. The summed E-state index contributed by atoms with van der Waals surface area (Å²) in [5, 5.41) is 0. The van der Waals surface area contributed by atoms with Crippen molar-refractivity contribution in [1.29, 1.82) is 0 Å². The van der Waals surface area contributed by atoms with Gasteiger partial charge in [-0.1, -0.05) is 0 Å². The molecule has 0 atom stereocenters. The third kappa shape index (κ3) is 2.02. The van der Waals surface area contributed by atoms with Crippen LogP contribution >= 0.6 is 0 Å². The van der Waals surface area contributed by atoms with Crippen LogP contribution in [0.2, 0.25) is 0 Å². The van der Waals surface area contributed by atoms with Crippen molar-refractivity contribution < 1.29 is 23.0 Å². The molecule has 1 aromatic rings. The second kappa shape index (κ2) is 4.73. The molecule has 0 aliphatic carbocycles. The SMILES string of the molecule is COC(=O)c1cnc(OC)c(C(F)F)c1N. The van der Waals surface area contributed by atoms with Crippen LogP contribution in [0.1, 0.15) is 22.3 Å². The van der Waals surface area contributed by atoms with Crippen molar-refractivity contribution in [1.82, 2.24) is 4.98 Å². The quantitative estimate of drug-likeness (QED) is 0.797. The smallest absolute Gasteiger partial charge is 0.341 e. The van der Waals surface area contributed by atoms with E-state index in [0.717, 1.165) is 13.3 Å². The Kier molecular flexibility index (Phi) is 3.60. The van der Waals surface area contributed by atoms with E-state index in [-0.39, 0.29) is 17.1 Å². The second-order valence-corrected chi connectivity index (χ2v) is 2.80. The number of aromatic nitrogens is 1. The lowest BCUT2D eigenvalue weighted by molar-refractivity contribution is 0.0601. The molecule has 1 heterocycles. The summed E-state index contributed by atoms with van der Waals surface area (Å²) in [6.07, 6.45) is -1.85. The molecule has 0 saturated carbocycles. The van der Waals surface area contributed by atoms with Gasteiger partial charge in [-0.05, 0) is 0 Å². The number of methoxy groups -OCH3 is 2. The largest absolute Gasteiger partial charge is 0.481 e. The molecule has 1 rings (SSSR count). The molecule has 7 heteroatoms. The normalized spacial score (nSPS) is 10.3. The fourth-order valence-electron chi connectivity index (χ4n) is 1.17. The van der Waals surface area contributed by atoms with Crippen LogP contribution in [0, 0.1) is 0 Å². The van der Waals surface area contributed by atoms with Gasteiger partial charge in [0.05, 0.1) is 19.9 Å². The minimum Gasteiger partial charge on any atom is -0.481 e. The minimum atomic E-state index is -2.88. The number of ether oxygens (including phenoxy) is 2. The van der Waals surface area contributed by atoms with E-state index in [1.54, 1.807) is 0 Å². The summed E-state index contributed by atoms with van der Waals surface area (Å²) in [4.78, 5) is 14.7. The first-order valence-corrected chi connectivity index (χ1v) is 4.21. The standard InChI is InChI=1S/C9H10F2N2O3/c1-15-8-5(7(10)11)6(12)4(3-13-8)9(14)16-2/h3,7H,1-2H3,(H2,12,13). The highest BCUT2D eigenvalue weighted by atomic mass is 19.3. The predicted octanol–water partition coefficient (Wildman–Crippen LogP) is 1.40. The molecule has 0 aliphatic rings. The first-order valence-electron chi connectivity index (χ1n) is 4.21. The second-order valence-electron chi connectivity index (χ2n) is 2.80. The topological polar surface area (TPSA) is 74.4 Å². The number of carbonyl (C=O) groups excluding carboxylic acids is 1. The van der Waals surface area contributed by atoms with Crippen LogP contribution in [0.4, 0.5) is 14.5 Å². The average Bonchev–Trinajstić information content (AvgIpc) is 2.26. The monoisotopic (exact) mass is 232 g/mol. The number of pyridine rings is 1. The Morgan fingerprint density at radius 1 is 1.50 bits per heavy atom. The lowest BCUT2D eigenvalue weighted by atomic mass is 10.1. The number of anilines is 1. The number of alkyl halides is 2. The Labute approximate surface area is 90.2 Å². The Bertz CT molecular complexity index is 410. The number of esters is 1. The summed E-state index contributed by atoms with van der Waals surface area (Å²) < 4.78 is 34.4. The molecule has 88 valence electrons. The zero-order chi connectivity index (χ0) is 12.3. The number of hydrogen-bond acceptors (Lipinski definition) is 5. The van der Waals surface area contributed by atoms with Crippen LogP contribution < -0.4 is 10.5 Å². The third-order valence-corrected chi connectivity index (χ3v) is 1.94. The highest BCUT2D eigenvalue weighted by Crippen LogP contribution is 2.34. The zero-order valence-electron chi connectivity index (χ0n) is 8.66. The van der Waals surface area contributed by atoms with Gasteiger partial charge in [-0.15, -0.1) is 0 Å². The molecule has 16 heavy (non-hydrogen) atoms. The van der Waals surface area contributed by atoms with Gasteiger partial charge in [-0.3, -0.25) is 0 Å². The Balaban J connectivity index is 3.37. The maximum Gasteiger partial charge on any atom is 0.341 e. The van der Waals surface area contributed by atoms with E-state index < -0.39 is 18.0 Å². The maximum absolute atomic E-state index is 12.7. The van der Waals surface area contributed by atoms with E-state index in [1.807, 2.05) is 0 Å². The summed E-state index contributed by atoms with van der Waals surface area (Å²) in [5.41, 5.74) is 4.24. The van der Waals surface area contributed by atoms with Gasteiger partial charge in [-0.2, -0.15) is 0 Å². The molecule has 0 aliphatic heterocycles. The molecule has 0 aromatic carbocycles. The molecule has 1 aromatic heterocycles. The van der Waals surface area contributed by atoms with E-state index in [9.17, 15) is 13.6 Å². The third-order valence-electron chi connectivity index (χ3n) is 1.94. The first kappa shape index (κ1) is 12.2. The van der Waals surface area contributed by atoms with E-state index >= 15 is 0 Å². The Hall–Kier alpha value is -1.92. The minimum absolute atomic E-state index is 0.210. The van der Waals surface area contributed by atoms with Gasteiger partial charge in [0.25, 0.3) is 6.43 Å². The van der Waals surface area contributed by atoms with Crippen molar-refractivity contribution >= 4 is 11.7 Å². The van der Waals surface area contributed by atoms with E-state index in [0.29, 0.717) is 0 Å². The van der Waals surface area contributed by atoms with Crippen molar-refractivity contribution in [3.05, 3.63) is 17.3 Å². The van der Waals surface area contributed by atoms with Crippen LogP contribution in [0.25, 0.3) is 0 Å². The van der Waals surface area contributed by atoms with Crippen molar-refractivity contribution in [2.45, 2.75) is 6.43 Å². The molecule has 5 nitrogen and oxygen atoms in total. The van der Waals surface area contributed by atoms with Crippen LogP contribution in [-0.2, 0) is 4.74 Å². The van der Waals surface area contributed by atoms with Crippen LogP contribution in [0.15, 0.2) is 6.20 Å². The van der Waals surface area contributed by atoms with Gasteiger partial charge in [0.2, 0.25) is 5.88 Å².